The smallest absolute Gasteiger partial charge is 0.0527 e. The minimum atomic E-state index is -0.831. The molecule has 1 atom stereocenters. The van der Waals surface area contributed by atoms with Gasteiger partial charge in [-0.15, -0.1) is 0 Å². The molecular formula is C8H9BrOS. The molecule has 0 aliphatic carbocycles. The van der Waals surface area contributed by atoms with Crippen LogP contribution < -0.4 is 0 Å². The standard InChI is InChI=1S/C8H9BrOS/c1-2-11(10)8-5-3-4-7(9)6-8/h3-6H,2H2,1H3. The van der Waals surface area contributed by atoms with Gasteiger partial charge in [-0.1, -0.05) is 28.9 Å². The first-order valence-electron chi connectivity index (χ1n) is 3.38. The molecule has 11 heavy (non-hydrogen) atoms. The zero-order valence-electron chi connectivity index (χ0n) is 6.21. The van der Waals surface area contributed by atoms with Crippen molar-refractivity contribution in [2.75, 3.05) is 5.75 Å². The van der Waals surface area contributed by atoms with Gasteiger partial charge in [-0.25, -0.2) is 0 Å². The van der Waals surface area contributed by atoms with Gasteiger partial charge in [0.05, 0.1) is 10.8 Å². The highest BCUT2D eigenvalue weighted by Crippen LogP contribution is 2.14. The molecule has 1 aromatic rings. The van der Waals surface area contributed by atoms with E-state index in [4.69, 9.17) is 0 Å². The Hall–Kier alpha value is -0.150. The molecule has 0 heterocycles. The van der Waals surface area contributed by atoms with Crippen LogP contribution in [-0.4, -0.2) is 9.96 Å². The largest absolute Gasteiger partial charge is 0.254 e. The van der Waals surface area contributed by atoms with Crippen molar-refractivity contribution in [2.45, 2.75) is 11.8 Å². The lowest BCUT2D eigenvalue weighted by Gasteiger charge is -1.97. The average Bonchev–Trinajstić information content (AvgIpc) is 2.03. The number of benzene rings is 1. The normalized spacial score (nSPS) is 12.9. The monoisotopic (exact) mass is 232 g/mol. The van der Waals surface area contributed by atoms with E-state index < -0.39 is 10.8 Å². The summed E-state index contributed by atoms with van der Waals surface area (Å²) in [6, 6.07) is 7.59. The first-order valence-corrected chi connectivity index (χ1v) is 5.49. The summed E-state index contributed by atoms with van der Waals surface area (Å²) in [5.41, 5.74) is 0. The highest BCUT2D eigenvalue weighted by Gasteiger charge is 1.99. The SMILES string of the molecule is CCS(=O)c1cccc(Br)c1. The Labute approximate surface area is 77.4 Å². The molecule has 0 fully saturated rings. The van der Waals surface area contributed by atoms with Crippen LogP contribution in [0.2, 0.25) is 0 Å². The molecule has 1 rings (SSSR count). The predicted molar refractivity (Wildman–Crippen MR) is 51.1 cm³/mol. The molecule has 0 saturated heterocycles. The number of halogens is 1. The third-order valence-electron chi connectivity index (χ3n) is 1.32. The lowest BCUT2D eigenvalue weighted by Crippen LogP contribution is -1.92. The van der Waals surface area contributed by atoms with Gasteiger partial charge in [0.25, 0.3) is 0 Å². The Bertz CT molecular complexity index is 273. The average molecular weight is 233 g/mol. The lowest BCUT2D eigenvalue weighted by molar-refractivity contribution is 0.684. The Morgan fingerprint density at radius 1 is 1.55 bits per heavy atom. The summed E-state index contributed by atoms with van der Waals surface area (Å²) in [5.74, 6) is 0.677. The summed E-state index contributed by atoms with van der Waals surface area (Å²) in [7, 11) is -0.831. The minimum Gasteiger partial charge on any atom is -0.254 e. The molecular weight excluding hydrogens is 224 g/mol. The Balaban J connectivity index is 2.96. The molecule has 1 unspecified atom stereocenters. The quantitative estimate of drug-likeness (QED) is 0.767. The molecule has 0 saturated carbocycles. The van der Waals surface area contributed by atoms with Crippen LogP contribution in [0, 0.1) is 0 Å². The van der Waals surface area contributed by atoms with Gasteiger partial charge in [0.2, 0.25) is 0 Å². The second-order valence-electron chi connectivity index (χ2n) is 2.09. The Kier molecular flexibility index (Phi) is 3.27. The van der Waals surface area contributed by atoms with Gasteiger partial charge in [0.15, 0.2) is 0 Å². The third kappa shape index (κ3) is 2.42. The fourth-order valence-corrected chi connectivity index (χ4v) is 2.15. The maximum atomic E-state index is 11.3. The summed E-state index contributed by atoms with van der Waals surface area (Å²) < 4.78 is 12.2. The van der Waals surface area contributed by atoms with Crippen LogP contribution in [0.4, 0.5) is 0 Å². The van der Waals surface area contributed by atoms with Crippen molar-refractivity contribution in [3.8, 4) is 0 Å². The van der Waals surface area contributed by atoms with Gasteiger partial charge in [0.1, 0.15) is 0 Å². The summed E-state index contributed by atoms with van der Waals surface area (Å²) in [5, 5.41) is 0. The summed E-state index contributed by atoms with van der Waals surface area (Å²) >= 11 is 3.33. The minimum absolute atomic E-state index is 0.677. The van der Waals surface area contributed by atoms with Gasteiger partial charge >= 0.3 is 0 Å². The highest BCUT2D eigenvalue weighted by atomic mass is 79.9. The lowest BCUT2D eigenvalue weighted by atomic mass is 10.4. The van der Waals surface area contributed by atoms with E-state index in [0.717, 1.165) is 9.37 Å². The Morgan fingerprint density at radius 3 is 2.82 bits per heavy atom. The van der Waals surface area contributed by atoms with E-state index in [1.807, 2.05) is 31.2 Å². The molecule has 0 aromatic heterocycles. The zero-order chi connectivity index (χ0) is 8.27. The molecule has 1 nitrogen and oxygen atoms in total. The van der Waals surface area contributed by atoms with E-state index in [2.05, 4.69) is 15.9 Å². The zero-order valence-corrected chi connectivity index (χ0v) is 8.61. The maximum absolute atomic E-state index is 11.3. The van der Waals surface area contributed by atoms with Gasteiger partial charge < -0.3 is 0 Å². The van der Waals surface area contributed by atoms with Crippen LogP contribution in [0.3, 0.4) is 0 Å². The van der Waals surface area contributed by atoms with E-state index in [0.29, 0.717) is 5.75 Å². The first kappa shape index (κ1) is 8.94. The van der Waals surface area contributed by atoms with Gasteiger partial charge in [0, 0.05) is 15.1 Å². The first-order chi connectivity index (χ1) is 5.24. The van der Waals surface area contributed by atoms with Crippen molar-refractivity contribution in [1.82, 2.24) is 0 Å². The molecule has 0 spiro atoms. The van der Waals surface area contributed by atoms with Crippen LogP contribution in [0.5, 0.6) is 0 Å². The van der Waals surface area contributed by atoms with Crippen molar-refractivity contribution in [3.05, 3.63) is 28.7 Å². The molecule has 0 bridgehead atoms. The maximum Gasteiger partial charge on any atom is 0.0527 e. The molecule has 0 amide bonds. The Morgan fingerprint density at radius 2 is 2.27 bits per heavy atom. The van der Waals surface area contributed by atoms with E-state index in [9.17, 15) is 4.21 Å². The molecule has 0 N–H and O–H groups in total. The topological polar surface area (TPSA) is 17.1 Å². The van der Waals surface area contributed by atoms with E-state index in [1.165, 1.54) is 0 Å². The number of hydrogen-bond acceptors (Lipinski definition) is 1. The molecule has 0 aliphatic heterocycles. The highest BCUT2D eigenvalue weighted by molar-refractivity contribution is 9.10. The van der Waals surface area contributed by atoms with Crippen molar-refractivity contribution in [1.29, 1.82) is 0 Å². The molecule has 0 aliphatic rings. The van der Waals surface area contributed by atoms with Crippen LogP contribution in [0.15, 0.2) is 33.6 Å². The third-order valence-corrected chi connectivity index (χ3v) is 3.12. The molecule has 1 aromatic carbocycles. The molecule has 60 valence electrons. The van der Waals surface area contributed by atoms with Crippen molar-refractivity contribution in [2.24, 2.45) is 0 Å². The number of rotatable bonds is 2. The van der Waals surface area contributed by atoms with E-state index in [-0.39, 0.29) is 0 Å². The summed E-state index contributed by atoms with van der Waals surface area (Å²) in [6.45, 7) is 1.91. The van der Waals surface area contributed by atoms with Crippen molar-refractivity contribution in [3.63, 3.8) is 0 Å². The van der Waals surface area contributed by atoms with Crippen molar-refractivity contribution < 1.29 is 4.21 Å². The van der Waals surface area contributed by atoms with Crippen molar-refractivity contribution >= 4 is 26.7 Å². The predicted octanol–water partition coefficient (Wildman–Crippen LogP) is 2.58. The van der Waals surface area contributed by atoms with Crippen LogP contribution in [-0.2, 0) is 10.8 Å². The second-order valence-corrected chi connectivity index (χ2v) is 4.75. The number of hydrogen-bond donors (Lipinski definition) is 0. The van der Waals surface area contributed by atoms with E-state index >= 15 is 0 Å². The second kappa shape index (κ2) is 4.02. The van der Waals surface area contributed by atoms with Gasteiger partial charge in [-0.05, 0) is 18.2 Å². The summed E-state index contributed by atoms with van der Waals surface area (Å²) in [6.07, 6.45) is 0. The fourth-order valence-electron chi connectivity index (χ4n) is 0.775. The van der Waals surface area contributed by atoms with Crippen LogP contribution in [0.1, 0.15) is 6.92 Å². The van der Waals surface area contributed by atoms with Gasteiger partial charge in [-0.2, -0.15) is 0 Å². The van der Waals surface area contributed by atoms with Gasteiger partial charge in [-0.3, -0.25) is 4.21 Å². The summed E-state index contributed by atoms with van der Waals surface area (Å²) in [4.78, 5) is 0.891. The fraction of sp³-hybridized carbons (Fsp3) is 0.250. The van der Waals surface area contributed by atoms with E-state index in [1.54, 1.807) is 0 Å². The molecule has 0 radical (unpaired) electrons. The molecule has 3 heteroatoms. The van der Waals surface area contributed by atoms with Crippen LogP contribution >= 0.6 is 15.9 Å². The van der Waals surface area contributed by atoms with Crippen LogP contribution in [0.25, 0.3) is 0 Å².